The van der Waals surface area contributed by atoms with E-state index >= 15 is 0 Å². The Morgan fingerprint density at radius 1 is 0.512 bits per heavy atom. The summed E-state index contributed by atoms with van der Waals surface area (Å²) in [6.45, 7) is 0. The predicted molar refractivity (Wildman–Crippen MR) is 164 cm³/mol. The van der Waals surface area contributed by atoms with Gasteiger partial charge in [-0.1, -0.05) is 97.1 Å². The highest BCUT2D eigenvalue weighted by Gasteiger charge is 2.51. The molecule has 3 heteroatoms. The first kappa shape index (κ1) is 22.4. The van der Waals surface area contributed by atoms with Gasteiger partial charge in [0.1, 0.15) is 17.3 Å². The topological polar surface area (TPSA) is 27.1 Å². The van der Waals surface area contributed by atoms with Gasteiger partial charge in [-0.05, 0) is 70.8 Å². The van der Waals surface area contributed by atoms with E-state index in [4.69, 9.17) is 9.72 Å². The lowest BCUT2D eigenvalue weighted by Gasteiger charge is -2.39. The summed E-state index contributed by atoms with van der Waals surface area (Å²) in [6.07, 6.45) is 0. The average Bonchev–Trinajstić information content (AvgIpc) is 3.57. The van der Waals surface area contributed by atoms with Crippen molar-refractivity contribution in [2.75, 3.05) is 0 Å². The third-order valence-electron chi connectivity index (χ3n) is 8.68. The van der Waals surface area contributed by atoms with Gasteiger partial charge in [0.2, 0.25) is 0 Å². The number of fused-ring (bicyclic) bond motifs is 10. The van der Waals surface area contributed by atoms with Crippen LogP contribution in [-0.4, -0.2) is 9.55 Å². The van der Waals surface area contributed by atoms with Gasteiger partial charge in [0, 0.05) is 22.4 Å². The second-order valence-electron chi connectivity index (χ2n) is 10.7. The lowest BCUT2D eigenvalue weighted by atomic mass is 9.66. The molecular weight excluding hydrogens is 500 g/mol. The van der Waals surface area contributed by atoms with Crippen molar-refractivity contribution >= 4 is 11.0 Å². The molecule has 1 aliphatic carbocycles. The highest BCUT2D eigenvalue weighted by Crippen LogP contribution is 2.62. The molecule has 0 unspecified atom stereocenters. The fourth-order valence-electron chi connectivity index (χ4n) is 7.05. The van der Waals surface area contributed by atoms with Crippen LogP contribution in [0.5, 0.6) is 11.5 Å². The highest BCUT2D eigenvalue weighted by atomic mass is 16.5. The lowest BCUT2D eigenvalue weighted by molar-refractivity contribution is 0.436. The molecule has 0 radical (unpaired) electrons. The van der Waals surface area contributed by atoms with Crippen molar-refractivity contribution in [2.45, 2.75) is 5.41 Å². The number of nitrogens with zero attached hydrogens (tertiary/aromatic N) is 2. The normalized spacial score (nSPS) is 13.8. The van der Waals surface area contributed by atoms with Gasteiger partial charge in [0.15, 0.2) is 0 Å². The van der Waals surface area contributed by atoms with E-state index in [2.05, 4.69) is 144 Å². The van der Waals surface area contributed by atoms with Gasteiger partial charge in [-0.2, -0.15) is 0 Å². The van der Waals surface area contributed by atoms with E-state index in [1.807, 2.05) is 6.07 Å². The second-order valence-corrected chi connectivity index (χ2v) is 10.7. The zero-order valence-corrected chi connectivity index (χ0v) is 22.2. The van der Waals surface area contributed by atoms with E-state index in [0.29, 0.717) is 0 Å². The molecule has 2 heterocycles. The van der Waals surface area contributed by atoms with Crippen LogP contribution in [-0.2, 0) is 5.41 Å². The van der Waals surface area contributed by atoms with Crippen molar-refractivity contribution in [1.29, 1.82) is 0 Å². The molecule has 1 aliphatic heterocycles. The summed E-state index contributed by atoms with van der Waals surface area (Å²) in [4.78, 5) is 5.18. The van der Waals surface area contributed by atoms with E-state index < -0.39 is 5.41 Å². The zero-order chi connectivity index (χ0) is 27.0. The minimum absolute atomic E-state index is 0.503. The monoisotopic (exact) mass is 524 g/mol. The fourth-order valence-corrected chi connectivity index (χ4v) is 7.05. The standard InChI is InChI=1S/C38H24N2O/c1-2-12-26(13-3-1)40-34-20-10-9-19-33(34)39-37(40)25-22-23-36-32(24-25)38(31-18-8-11-21-35(31)41-36)29-16-6-4-14-27(29)28-15-5-7-17-30(28)38/h1-24H. The van der Waals surface area contributed by atoms with Crippen LogP contribution in [0.4, 0.5) is 0 Å². The maximum absolute atomic E-state index is 6.63. The van der Waals surface area contributed by atoms with Crippen LogP contribution in [0, 0.1) is 0 Å². The first-order valence-corrected chi connectivity index (χ1v) is 14.0. The van der Waals surface area contributed by atoms with Gasteiger partial charge in [0.25, 0.3) is 0 Å². The van der Waals surface area contributed by atoms with Crippen molar-refractivity contribution in [3.8, 4) is 39.7 Å². The molecule has 0 atom stereocenters. The molecule has 2 aliphatic rings. The summed E-state index contributed by atoms with van der Waals surface area (Å²) in [5.74, 6) is 2.69. The Bertz CT molecular complexity index is 2090. The highest BCUT2D eigenvalue weighted by molar-refractivity contribution is 5.89. The number of benzene rings is 6. The van der Waals surface area contributed by atoms with E-state index in [1.165, 1.54) is 27.8 Å². The van der Waals surface area contributed by atoms with Gasteiger partial charge in [-0.25, -0.2) is 4.98 Å². The lowest BCUT2D eigenvalue weighted by Crippen LogP contribution is -2.32. The zero-order valence-electron chi connectivity index (χ0n) is 22.2. The Labute approximate surface area is 238 Å². The largest absolute Gasteiger partial charge is 0.457 e. The molecule has 1 spiro atoms. The molecule has 3 nitrogen and oxygen atoms in total. The van der Waals surface area contributed by atoms with Crippen molar-refractivity contribution in [3.05, 3.63) is 168 Å². The summed E-state index contributed by atoms with van der Waals surface area (Å²) in [6, 6.07) is 51.6. The van der Waals surface area contributed by atoms with Gasteiger partial charge in [-0.3, -0.25) is 4.57 Å². The van der Waals surface area contributed by atoms with Crippen molar-refractivity contribution < 1.29 is 4.74 Å². The molecule has 41 heavy (non-hydrogen) atoms. The maximum Gasteiger partial charge on any atom is 0.145 e. The molecule has 0 fully saturated rings. The third-order valence-corrected chi connectivity index (χ3v) is 8.68. The van der Waals surface area contributed by atoms with E-state index in [0.717, 1.165) is 45.2 Å². The van der Waals surface area contributed by atoms with Crippen LogP contribution in [0.1, 0.15) is 22.3 Å². The maximum atomic E-state index is 6.63. The molecule has 0 N–H and O–H groups in total. The van der Waals surface area contributed by atoms with Crippen LogP contribution in [0.25, 0.3) is 39.2 Å². The van der Waals surface area contributed by atoms with Gasteiger partial charge in [-0.15, -0.1) is 0 Å². The van der Waals surface area contributed by atoms with Gasteiger partial charge < -0.3 is 4.74 Å². The molecule has 7 aromatic rings. The minimum atomic E-state index is -0.503. The van der Waals surface area contributed by atoms with E-state index in [-0.39, 0.29) is 0 Å². The minimum Gasteiger partial charge on any atom is -0.457 e. The predicted octanol–water partition coefficient (Wildman–Crippen LogP) is 9.16. The number of ether oxygens (including phenoxy) is 1. The number of hydrogen-bond acceptors (Lipinski definition) is 2. The molecule has 0 bridgehead atoms. The SMILES string of the molecule is c1ccc(-n2c(-c3ccc4c(c3)C3(c5ccccc5O4)c4ccccc4-c4ccccc43)nc3ccccc32)cc1. The number of aromatic nitrogens is 2. The molecule has 6 aromatic carbocycles. The Balaban J connectivity index is 1.38. The van der Waals surface area contributed by atoms with Gasteiger partial charge >= 0.3 is 0 Å². The first-order valence-electron chi connectivity index (χ1n) is 14.0. The van der Waals surface area contributed by atoms with Gasteiger partial charge in [0.05, 0.1) is 16.4 Å². The summed E-state index contributed by atoms with van der Waals surface area (Å²) in [7, 11) is 0. The summed E-state index contributed by atoms with van der Waals surface area (Å²) < 4.78 is 8.89. The second kappa shape index (κ2) is 8.30. The number of hydrogen-bond donors (Lipinski definition) is 0. The van der Waals surface area contributed by atoms with Crippen molar-refractivity contribution in [2.24, 2.45) is 0 Å². The first-order chi connectivity index (χ1) is 20.3. The van der Waals surface area contributed by atoms with Crippen LogP contribution in [0.15, 0.2) is 146 Å². The summed E-state index contributed by atoms with van der Waals surface area (Å²) >= 11 is 0. The smallest absolute Gasteiger partial charge is 0.145 e. The fraction of sp³-hybridized carbons (Fsp3) is 0.0263. The van der Waals surface area contributed by atoms with E-state index in [1.54, 1.807) is 0 Å². The quantitative estimate of drug-likeness (QED) is 0.225. The molecule has 1 aromatic heterocycles. The molecule has 0 amide bonds. The molecule has 192 valence electrons. The van der Waals surface area contributed by atoms with Crippen molar-refractivity contribution in [1.82, 2.24) is 9.55 Å². The number of imidazole rings is 1. The average molecular weight is 525 g/mol. The number of rotatable bonds is 2. The molecular formula is C38H24N2O. The Morgan fingerprint density at radius 3 is 1.90 bits per heavy atom. The van der Waals surface area contributed by atoms with Crippen LogP contribution in [0.2, 0.25) is 0 Å². The molecule has 9 rings (SSSR count). The Kier molecular flexibility index (Phi) is 4.53. The Morgan fingerprint density at radius 2 is 1.12 bits per heavy atom. The summed E-state index contributed by atoms with van der Waals surface area (Å²) in [5.41, 5.74) is 11.1. The molecule has 0 saturated heterocycles. The van der Waals surface area contributed by atoms with Crippen molar-refractivity contribution in [3.63, 3.8) is 0 Å². The third kappa shape index (κ3) is 2.95. The van der Waals surface area contributed by atoms with Crippen LogP contribution < -0.4 is 4.74 Å². The van der Waals surface area contributed by atoms with Crippen LogP contribution in [0.3, 0.4) is 0 Å². The number of para-hydroxylation sites is 4. The van der Waals surface area contributed by atoms with E-state index in [9.17, 15) is 0 Å². The molecule has 0 saturated carbocycles. The van der Waals surface area contributed by atoms with Crippen LogP contribution >= 0.6 is 0 Å². The summed E-state index contributed by atoms with van der Waals surface area (Å²) in [5, 5.41) is 0. The Hall–Kier alpha value is -5.41.